The molecule has 3 N–H and O–H groups in total. The normalized spacial score (nSPS) is 25.9. The predicted octanol–water partition coefficient (Wildman–Crippen LogP) is 1.41. The lowest BCUT2D eigenvalue weighted by molar-refractivity contribution is -0.132. The number of carbonyl (C=O) groups is 1. The molecule has 0 aromatic heterocycles. The van der Waals surface area contributed by atoms with Gasteiger partial charge in [-0.1, -0.05) is 18.9 Å². The van der Waals surface area contributed by atoms with Crippen LogP contribution in [0.25, 0.3) is 0 Å². The summed E-state index contributed by atoms with van der Waals surface area (Å²) in [6, 6.07) is 0. The Morgan fingerprint density at radius 3 is 2.59 bits per heavy atom. The van der Waals surface area contributed by atoms with Crippen LogP contribution in [0.2, 0.25) is 0 Å². The molecule has 1 aliphatic carbocycles. The van der Waals surface area contributed by atoms with Crippen molar-refractivity contribution in [2.45, 2.75) is 32.6 Å². The number of aliphatic hydroxyl groups excluding tert-OH is 1. The van der Waals surface area contributed by atoms with Gasteiger partial charge in [-0.3, -0.25) is 0 Å². The minimum atomic E-state index is -0.863. The lowest BCUT2D eigenvalue weighted by Gasteiger charge is -2.30. The van der Waals surface area contributed by atoms with Crippen LogP contribution in [0.4, 0.5) is 0 Å². The van der Waals surface area contributed by atoms with Crippen LogP contribution in [0.3, 0.4) is 0 Å². The highest BCUT2D eigenvalue weighted by molar-refractivity contribution is 5.85. The molecule has 2 unspecified atom stereocenters. The molecule has 98 valence electrons. The van der Waals surface area contributed by atoms with Gasteiger partial charge in [0.1, 0.15) is 0 Å². The lowest BCUT2D eigenvalue weighted by atomic mass is 9.79. The van der Waals surface area contributed by atoms with E-state index in [9.17, 15) is 9.90 Å². The molecule has 17 heavy (non-hydrogen) atoms. The van der Waals surface area contributed by atoms with Gasteiger partial charge < -0.3 is 15.5 Å². The molecule has 0 saturated heterocycles. The highest BCUT2D eigenvalue weighted by atomic mass is 16.4. The third-order valence-corrected chi connectivity index (χ3v) is 3.60. The molecule has 2 atom stereocenters. The first-order valence-electron chi connectivity index (χ1n) is 6.36. The Morgan fingerprint density at radius 1 is 1.35 bits per heavy atom. The van der Waals surface area contributed by atoms with E-state index in [4.69, 9.17) is 5.11 Å². The zero-order valence-electron chi connectivity index (χ0n) is 10.5. The van der Waals surface area contributed by atoms with Gasteiger partial charge in [0, 0.05) is 18.7 Å². The van der Waals surface area contributed by atoms with Gasteiger partial charge in [-0.15, -0.1) is 0 Å². The minimum Gasteiger partial charge on any atom is -0.478 e. The summed E-state index contributed by atoms with van der Waals surface area (Å²) < 4.78 is 0. The van der Waals surface area contributed by atoms with E-state index in [0.717, 1.165) is 13.0 Å². The Bertz CT molecular complexity index is 276. The SMILES string of the molecule is CC(=CCNCC1CCCCC1CO)C(=O)O. The molecule has 0 radical (unpaired) electrons. The highest BCUT2D eigenvalue weighted by Crippen LogP contribution is 2.28. The van der Waals surface area contributed by atoms with Gasteiger partial charge in [-0.25, -0.2) is 4.79 Å². The van der Waals surface area contributed by atoms with Crippen molar-refractivity contribution in [1.82, 2.24) is 5.32 Å². The van der Waals surface area contributed by atoms with Crippen LogP contribution in [-0.4, -0.2) is 35.9 Å². The Morgan fingerprint density at radius 2 is 2.00 bits per heavy atom. The Hall–Kier alpha value is -0.870. The Balaban J connectivity index is 2.25. The summed E-state index contributed by atoms with van der Waals surface area (Å²) in [7, 11) is 0. The maximum atomic E-state index is 10.6. The van der Waals surface area contributed by atoms with Crippen molar-refractivity contribution >= 4 is 5.97 Å². The first kappa shape index (κ1) is 14.2. The molecule has 1 fully saturated rings. The van der Waals surface area contributed by atoms with Gasteiger partial charge in [0.2, 0.25) is 0 Å². The number of carboxylic acid groups (broad SMARTS) is 1. The Kier molecular flexibility index (Phi) is 6.22. The summed E-state index contributed by atoms with van der Waals surface area (Å²) in [5.41, 5.74) is 0.375. The molecule has 1 saturated carbocycles. The van der Waals surface area contributed by atoms with Crippen LogP contribution >= 0.6 is 0 Å². The second-order valence-electron chi connectivity index (χ2n) is 4.84. The standard InChI is InChI=1S/C13H23NO3/c1-10(13(16)17)6-7-14-8-11-4-2-3-5-12(11)9-15/h6,11-12,14-15H,2-5,7-9H2,1H3,(H,16,17). The van der Waals surface area contributed by atoms with Crippen LogP contribution in [0, 0.1) is 11.8 Å². The molecule has 0 bridgehead atoms. The fourth-order valence-electron chi connectivity index (χ4n) is 2.37. The fraction of sp³-hybridized carbons (Fsp3) is 0.769. The number of nitrogens with one attached hydrogen (secondary N) is 1. The number of carboxylic acids is 1. The van der Waals surface area contributed by atoms with Crippen molar-refractivity contribution in [3.05, 3.63) is 11.6 Å². The van der Waals surface area contributed by atoms with Gasteiger partial charge in [0.25, 0.3) is 0 Å². The maximum Gasteiger partial charge on any atom is 0.330 e. The monoisotopic (exact) mass is 241 g/mol. The van der Waals surface area contributed by atoms with Crippen molar-refractivity contribution < 1.29 is 15.0 Å². The first-order valence-corrected chi connectivity index (χ1v) is 6.36. The van der Waals surface area contributed by atoms with E-state index < -0.39 is 5.97 Å². The lowest BCUT2D eigenvalue weighted by Crippen LogP contribution is -2.32. The van der Waals surface area contributed by atoms with Gasteiger partial charge in [0.05, 0.1) is 0 Å². The third kappa shape index (κ3) is 4.88. The third-order valence-electron chi connectivity index (χ3n) is 3.60. The van der Waals surface area contributed by atoms with Gasteiger partial charge in [-0.2, -0.15) is 0 Å². The van der Waals surface area contributed by atoms with Gasteiger partial charge in [0.15, 0.2) is 0 Å². The van der Waals surface area contributed by atoms with Crippen molar-refractivity contribution in [2.24, 2.45) is 11.8 Å². The molecule has 0 amide bonds. The zero-order chi connectivity index (χ0) is 12.7. The van der Waals surface area contributed by atoms with E-state index in [0.29, 0.717) is 24.0 Å². The molecular formula is C13H23NO3. The molecule has 4 nitrogen and oxygen atoms in total. The molecular weight excluding hydrogens is 218 g/mol. The van der Waals surface area contributed by atoms with Crippen LogP contribution < -0.4 is 5.32 Å². The smallest absolute Gasteiger partial charge is 0.330 e. The second-order valence-corrected chi connectivity index (χ2v) is 4.84. The number of hydrogen-bond acceptors (Lipinski definition) is 3. The van der Waals surface area contributed by atoms with E-state index in [2.05, 4.69) is 5.32 Å². The van der Waals surface area contributed by atoms with Crippen molar-refractivity contribution in [3.63, 3.8) is 0 Å². The molecule has 0 aromatic rings. The molecule has 0 spiro atoms. The zero-order valence-corrected chi connectivity index (χ0v) is 10.5. The number of rotatable bonds is 6. The number of aliphatic carboxylic acids is 1. The molecule has 0 heterocycles. The average molecular weight is 241 g/mol. The summed E-state index contributed by atoms with van der Waals surface area (Å²) in [6.45, 7) is 3.33. The minimum absolute atomic E-state index is 0.274. The quantitative estimate of drug-likeness (QED) is 0.486. The summed E-state index contributed by atoms with van der Waals surface area (Å²) in [5, 5.41) is 21.2. The molecule has 0 aromatic carbocycles. The number of hydrogen-bond donors (Lipinski definition) is 3. The number of aliphatic hydroxyl groups is 1. The van der Waals surface area contributed by atoms with Crippen molar-refractivity contribution in [3.8, 4) is 0 Å². The van der Waals surface area contributed by atoms with Crippen molar-refractivity contribution in [1.29, 1.82) is 0 Å². The topological polar surface area (TPSA) is 69.6 Å². The van der Waals surface area contributed by atoms with Gasteiger partial charge in [-0.05, 0) is 38.1 Å². The average Bonchev–Trinajstić information content (AvgIpc) is 2.34. The fourth-order valence-corrected chi connectivity index (χ4v) is 2.37. The summed E-state index contributed by atoms with van der Waals surface area (Å²) >= 11 is 0. The van der Waals surface area contributed by atoms with E-state index >= 15 is 0 Å². The van der Waals surface area contributed by atoms with Crippen LogP contribution in [0.1, 0.15) is 32.6 Å². The molecule has 1 rings (SSSR count). The van der Waals surface area contributed by atoms with Crippen LogP contribution in [-0.2, 0) is 4.79 Å². The van der Waals surface area contributed by atoms with E-state index in [1.54, 1.807) is 13.0 Å². The summed E-state index contributed by atoms with van der Waals surface area (Å²) in [6.07, 6.45) is 6.44. The summed E-state index contributed by atoms with van der Waals surface area (Å²) in [5.74, 6) is 0.0887. The Labute approximate surface area is 103 Å². The highest BCUT2D eigenvalue weighted by Gasteiger charge is 2.23. The van der Waals surface area contributed by atoms with Gasteiger partial charge >= 0.3 is 5.97 Å². The largest absolute Gasteiger partial charge is 0.478 e. The molecule has 0 aliphatic heterocycles. The van der Waals surface area contributed by atoms with E-state index in [1.165, 1.54) is 19.3 Å². The van der Waals surface area contributed by atoms with Crippen LogP contribution in [0.5, 0.6) is 0 Å². The maximum absolute atomic E-state index is 10.6. The van der Waals surface area contributed by atoms with Crippen molar-refractivity contribution in [2.75, 3.05) is 19.7 Å². The van der Waals surface area contributed by atoms with E-state index in [1.807, 2.05) is 0 Å². The predicted molar refractivity (Wildman–Crippen MR) is 66.8 cm³/mol. The first-order chi connectivity index (χ1) is 8.15. The summed E-state index contributed by atoms with van der Waals surface area (Å²) in [4.78, 5) is 10.6. The molecule has 1 aliphatic rings. The van der Waals surface area contributed by atoms with E-state index in [-0.39, 0.29) is 6.61 Å². The van der Waals surface area contributed by atoms with Crippen LogP contribution in [0.15, 0.2) is 11.6 Å². The second kappa shape index (κ2) is 7.45. The molecule has 4 heteroatoms.